The molecule has 1 aromatic heterocycles. The second-order valence-electron chi connectivity index (χ2n) is 7.03. The average Bonchev–Trinajstić information content (AvgIpc) is 3.39. The van der Waals surface area contributed by atoms with Crippen molar-refractivity contribution in [3.05, 3.63) is 66.6 Å². The smallest absolute Gasteiger partial charge is 0.231 e. The lowest BCUT2D eigenvalue weighted by atomic mass is 9.77. The van der Waals surface area contributed by atoms with Crippen LogP contribution in [0.3, 0.4) is 0 Å². The van der Waals surface area contributed by atoms with Gasteiger partial charge in [-0.05, 0) is 24.3 Å². The second-order valence-corrected chi connectivity index (χ2v) is 7.03. The number of hydrogen-bond donors (Lipinski definition) is 1. The zero-order valence-corrected chi connectivity index (χ0v) is 14.0. The zero-order chi connectivity index (χ0) is 17.7. The van der Waals surface area contributed by atoms with E-state index in [-0.39, 0.29) is 17.9 Å². The van der Waals surface area contributed by atoms with Crippen molar-refractivity contribution in [1.29, 1.82) is 0 Å². The summed E-state index contributed by atoms with van der Waals surface area (Å²) in [5.41, 5.74) is 0.0173. The number of para-hydroxylation sites is 1. The molecule has 0 aliphatic carbocycles. The van der Waals surface area contributed by atoms with Gasteiger partial charge >= 0.3 is 0 Å². The van der Waals surface area contributed by atoms with Gasteiger partial charge in [-0.1, -0.05) is 30.4 Å². The molecule has 2 saturated heterocycles. The Labute approximate surface area is 150 Å². The first-order valence-corrected chi connectivity index (χ1v) is 8.71. The van der Waals surface area contributed by atoms with Gasteiger partial charge in [-0.2, -0.15) is 0 Å². The number of furan rings is 1. The van der Waals surface area contributed by atoms with E-state index in [9.17, 15) is 9.59 Å². The van der Waals surface area contributed by atoms with Crippen LogP contribution in [0.4, 0.5) is 5.69 Å². The fourth-order valence-corrected chi connectivity index (χ4v) is 4.35. The van der Waals surface area contributed by atoms with Crippen molar-refractivity contribution in [2.45, 2.75) is 18.2 Å². The maximum absolute atomic E-state index is 13.1. The highest BCUT2D eigenvalue weighted by Gasteiger charge is 2.66. The Morgan fingerprint density at radius 1 is 1.23 bits per heavy atom. The number of fused-ring (bicyclic) bond motifs is 1. The van der Waals surface area contributed by atoms with Gasteiger partial charge in [-0.25, -0.2) is 0 Å². The molecule has 26 heavy (non-hydrogen) atoms. The Hall–Kier alpha value is -2.86. The number of likely N-dealkylation sites (tertiary alicyclic amines) is 1. The largest absolute Gasteiger partial charge is 0.467 e. The van der Waals surface area contributed by atoms with Crippen molar-refractivity contribution in [1.82, 2.24) is 4.90 Å². The molecule has 0 radical (unpaired) electrons. The van der Waals surface area contributed by atoms with E-state index in [1.807, 2.05) is 48.6 Å². The van der Waals surface area contributed by atoms with Crippen molar-refractivity contribution in [3.63, 3.8) is 0 Å². The van der Waals surface area contributed by atoms with E-state index in [1.54, 1.807) is 17.2 Å². The number of hydrogen-bond acceptors (Lipinski definition) is 4. The predicted molar refractivity (Wildman–Crippen MR) is 92.9 cm³/mol. The Morgan fingerprint density at radius 3 is 2.85 bits per heavy atom. The molecule has 0 unspecified atom stereocenters. The van der Waals surface area contributed by atoms with E-state index < -0.39 is 17.4 Å². The van der Waals surface area contributed by atoms with E-state index >= 15 is 0 Å². The van der Waals surface area contributed by atoms with Gasteiger partial charge < -0.3 is 19.4 Å². The summed E-state index contributed by atoms with van der Waals surface area (Å²) in [6.45, 7) is 0.832. The summed E-state index contributed by atoms with van der Waals surface area (Å²) in [5, 5.41) is 2.92. The molecule has 132 valence electrons. The number of amides is 2. The van der Waals surface area contributed by atoms with E-state index in [2.05, 4.69) is 5.32 Å². The van der Waals surface area contributed by atoms with Crippen LogP contribution < -0.4 is 5.32 Å². The molecule has 4 atom stereocenters. The Morgan fingerprint density at radius 2 is 2.08 bits per heavy atom. The van der Waals surface area contributed by atoms with Gasteiger partial charge in [-0.15, -0.1) is 0 Å². The minimum absolute atomic E-state index is 0.0542. The van der Waals surface area contributed by atoms with Crippen molar-refractivity contribution in [2.24, 2.45) is 11.8 Å². The summed E-state index contributed by atoms with van der Waals surface area (Å²) in [7, 11) is 0. The lowest BCUT2D eigenvalue weighted by Crippen LogP contribution is -2.41. The van der Waals surface area contributed by atoms with Gasteiger partial charge in [-0.3, -0.25) is 9.59 Å². The first kappa shape index (κ1) is 15.4. The molecule has 0 saturated carbocycles. The molecule has 5 rings (SSSR count). The number of nitrogens with one attached hydrogen (secondary N) is 1. The van der Waals surface area contributed by atoms with Crippen molar-refractivity contribution in [3.8, 4) is 0 Å². The minimum Gasteiger partial charge on any atom is -0.467 e. The predicted octanol–water partition coefficient (Wildman–Crippen LogP) is 2.20. The molecular weight excluding hydrogens is 332 g/mol. The Kier molecular flexibility index (Phi) is 3.30. The fourth-order valence-electron chi connectivity index (χ4n) is 4.35. The molecule has 6 nitrogen and oxygen atoms in total. The fraction of sp³-hybridized carbons (Fsp3) is 0.300. The molecule has 2 amide bonds. The number of rotatable bonds is 4. The second kappa shape index (κ2) is 5.57. The van der Waals surface area contributed by atoms with Crippen LogP contribution in [0.1, 0.15) is 5.76 Å². The molecule has 1 aromatic carbocycles. The molecule has 1 N–H and O–H groups in total. The summed E-state index contributed by atoms with van der Waals surface area (Å²) in [4.78, 5) is 27.7. The molecule has 4 heterocycles. The molecule has 2 bridgehead atoms. The minimum atomic E-state index is -0.701. The third-order valence-electron chi connectivity index (χ3n) is 5.45. The third kappa shape index (κ3) is 2.22. The number of anilines is 1. The summed E-state index contributed by atoms with van der Waals surface area (Å²) in [6, 6.07) is 12.9. The van der Waals surface area contributed by atoms with Crippen LogP contribution >= 0.6 is 0 Å². The lowest BCUT2D eigenvalue weighted by molar-refractivity contribution is -0.136. The number of carbonyl (C=O) groups excluding carboxylic acids is 2. The quantitative estimate of drug-likeness (QED) is 0.858. The van der Waals surface area contributed by atoms with Crippen molar-refractivity contribution < 1.29 is 18.7 Å². The summed E-state index contributed by atoms with van der Waals surface area (Å²) in [5.74, 6) is -0.517. The van der Waals surface area contributed by atoms with E-state index in [4.69, 9.17) is 9.15 Å². The molecule has 3 aliphatic rings. The van der Waals surface area contributed by atoms with Crippen LogP contribution in [0.15, 0.2) is 65.3 Å². The monoisotopic (exact) mass is 350 g/mol. The standard InChI is InChI=1S/C20H18N2O4/c23-18(21-13-5-2-1-3-6-13)16-15-8-9-20(26-15)12-22(19(24)17(16)20)11-14-7-4-10-25-14/h1-10,15-17H,11-12H2,(H,21,23)/t15-,16-,17+,20+/m1/s1. The van der Waals surface area contributed by atoms with Crippen LogP contribution in [0.5, 0.6) is 0 Å². The average molecular weight is 350 g/mol. The van der Waals surface area contributed by atoms with Gasteiger partial charge in [0.25, 0.3) is 0 Å². The van der Waals surface area contributed by atoms with Crippen molar-refractivity contribution in [2.75, 3.05) is 11.9 Å². The van der Waals surface area contributed by atoms with Crippen LogP contribution in [0.2, 0.25) is 0 Å². The highest BCUT2D eigenvalue weighted by molar-refractivity contribution is 5.99. The van der Waals surface area contributed by atoms with E-state index in [0.29, 0.717) is 13.1 Å². The van der Waals surface area contributed by atoms with E-state index in [0.717, 1.165) is 11.4 Å². The highest BCUT2D eigenvalue weighted by atomic mass is 16.5. The van der Waals surface area contributed by atoms with Crippen LogP contribution in [0, 0.1) is 11.8 Å². The maximum atomic E-state index is 13.1. The Bertz CT molecular complexity index is 876. The zero-order valence-electron chi connectivity index (χ0n) is 14.0. The number of carbonyl (C=O) groups is 2. The van der Waals surface area contributed by atoms with Gasteiger partial charge in [0.15, 0.2) is 0 Å². The molecular formula is C20H18N2O4. The molecule has 2 fully saturated rings. The van der Waals surface area contributed by atoms with Crippen molar-refractivity contribution >= 4 is 17.5 Å². The first-order chi connectivity index (χ1) is 12.7. The van der Waals surface area contributed by atoms with Gasteiger partial charge in [0.05, 0.1) is 37.3 Å². The number of nitrogens with zero attached hydrogens (tertiary/aromatic N) is 1. The molecule has 2 aromatic rings. The van der Waals surface area contributed by atoms with Gasteiger partial charge in [0, 0.05) is 5.69 Å². The topological polar surface area (TPSA) is 71.8 Å². The van der Waals surface area contributed by atoms with Crippen LogP contribution in [0.25, 0.3) is 0 Å². The van der Waals surface area contributed by atoms with E-state index in [1.165, 1.54) is 0 Å². The third-order valence-corrected chi connectivity index (χ3v) is 5.45. The Balaban J connectivity index is 1.40. The van der Waals surface area contributed by atoms with Crippen LogP contribution in [-0.4, -0.2) is 35.0 Å². The molecule has 1 spiro atoms. The van der Waals surface area contributed by atoms with Gasteiger partial charge in [0.2, 0.25) is 11.8 Å². The van der Waals surface area contributed by atoms with Gasteiger partial charge in [0.1, 0.15) is 11.4 Å². The number of ether oxygens (including phenoxy) is 1. The normalized spacial score (nSPS) is 31.5. The molecule has 3 aliphatic heterocycles. The molecule has 6 heteroatoms. The summed E-state index contributed by atoms with van der Waals surface area (Å²) >= 11 is 0. The lowest BCUT2D eigenvalue weighted by Gasteiger charge is -2.23. The SMILES string of the molecule is O=C(Nc1ccccc1)[C@H]1[C@H]2C(=O)N(Cc3ccco3)C[C@@]23C=C[C@H]1O3. The number of benzene rings is 1. The summed E-state index contributed by atoms with van der Waals surface area (Å²) < 4.78 is 11.5. The summed E-state index contributed by atoms with van der Waals surface area (Å²) in [6.07, 6.45) is 5.11. The van der Waals surface area contributed by atoms with Crippen LogP contribution in [-0.2, 0) is 20.9 Å². The highest BCUT2D eigenvalue weighted by Crippen LogP contribution is 2.52. The maximum Gasteiger partial charge on any atom is 0.231 e. The first-order valence-electron chi connectivity index (χ1n) is 8.71.